The zero-order chi connectivity index (χ0) is 7.44. The van der Waals surface area contributed by atoms with Gasteiger partial charge in [0.1, 0.15) is 5.78 Å². The molecule has 0 saturated carbocycles. The molecule has 0 aliphatic carbocycles. The molecular weight excluding hydrogens is 200 g/mol. The summed E-state index contributed by atoms with van der Waals surface area (Å²) in [5.41, 5.74) is 0. The molecule has 54 valence electrons. The largest absolute Gasteiger partial charge is 1.00 e. The molecule has 1 unspecified atom stereocenters. The van der Waals surface area contributed by atoms with Gasteiger partial charge in [-0.05, 0) is 27.4 Å². The summed E-state index contributed by atoms with van der Waals surface area (Å²) in [5.74, 6) is 0.198. The van der Waals surface area contributed by atoms with Gasteiger partial charge >= 0.3 is 58.2 Å². The SMILES string of the molecule is [CH2-]C(CC(C)=O)N(C)C.[Rb+]. The third-order valence-electron chi connectivity index (χ3n) is 1.25. The zero-order valence-electron chi connectivity index (χ0n) is 7.35. The minimum absolute atomic E-state index is 0. The second-order valence-electron chi connectivity index (χ2n) is 2.52. The monoisotopic (exact) mass is 213 g/mol. The van der Waals surface area contributed by atoms with E-state index in [1.807, 2.05) is 19.0 Å². The smallest absolute Gasteiger partial charge is 0.336 e. The zero-order valence-corrected chi connectivity index (χ0v) is 12.3. The Morgan fingerprint density at radius 2 is 2.00 bits per heavy atom. The minimum atomic E-state index is 0. The van der Waals surface area contributed by atoms with Gasteiger partial charge in [0.05, 0.1) is 0 Å². The van der Waals surface area contributed by atoms with E-state index in [1.165, 1.54) is 0 Å². The summed E-state index contributed by atoms with van der Waals surface area (Å²) in [5, 5.41) is 0. The van der Waals surface area contributed by atoms with Crippen molar-refractivity contribution >= 4 is 5.78 Å². The third kappa shape index (κ3) is 7.54. The fraction of sp³-hybridized carbons (Fsp3) is 0.714. The Bertz CT molecular complexity index is 104. The number of hydrogen-bond donors (Lipinski definition) is 0. The maximum atomic E-state index is 10.5. The molecule has 0 heterocycles. The fourth-order valence-electron chi connectivity index (χ4n) is 0.514. The van der Waals surface area contributed by atoms with Crippen molar-refractivity contribution in [3.8, 4) is 0 Å². The molecule has 0 saturated heterocycles. The second-order valence-corrected chi connectivity index (χ2v) is 2.52. The van der Waals surface area contributed by atoms with Crippen LogP contribution in [0, 0.1) is 6.92 Å². The van der Waals surface area contributed by atoms with E-state index in [1.54, 1.807) is 6.92 Å². The maximum Gasteiger partial charge on any atom is 1.00 e. The molecule has 0 radical (unpaired) electrons. The summed E-state index contributed by atoms with van der Waals surface area (Å²) in [4.78, 5) is 12.4. The summed E-state index contributed by atoms with van der Waals surface area (Å²) < 4.78 is 0. The van der Waals surface area contributed by atoms with E-state index in [4.69, 9.17) is 0 Å². The summed E-state index contributed by atoms with van der Waals surface area (Å²) in [6, 6.07) is 0.127. The van der Waals surface area contributed by atoms with Crippen LogP contribution in [-0.2, 0) is 4.79 Å². The van der Waals surface area contributed by atoms with Crippen molar-refractivity contribution < 1.29 is 63.0 Å². The molecule has 0 aromatic carbocycles. The minimum Gasteiger partial charge on any atom is -0.336 e. The van der Waals surface area contributed by atoms with Gasteiger partial charge in [-0.3, -0.25) is 0 Å². The molecule has 3 heteroatoms. The van der Waals surface area contributed by atoms with Crippen molar-refractivity contribution in [1.29, 1.82) is 0 Å². The van der Waals surface area contributed by atoms with Crippen LogP contribution in [0.25, 0.3) is 0 Å². The van der Waals surface area contributed by atoms with Gasteiger partial charge < -0.3 is 16.6 Å². The van der Waals surface area contributed by atoms with Crippen molar-refractivity contribution in [3.63, 3.8) is 0 Å². The number of carbonyl (C=O) groups is 1. The maximum absolute atomic E-state index is 10.5. The summed E-state index contributed by atoms with van der Waals surface area (Å²) in [7, 11) is 3.83. The first-order valence-corrected chi connectivity index (χ1v) is 3.03. The Morgan fingerprint density at radius 3 is 2.10 bits per heavy atom. The summed E-state index contributed by atoms with van der Waals surface area (Å²) >= 11 is 0. The molecular formula is C7H14NORb. The van der Waals surface area contributed by atoms with Gasteiger partial charge in [0.15, 0.2) is 0 Å². The molecule has 1 atom stereocenters. The van der Waals surface area contributed by atoms with Crippen LogP contribution < -0.4 is 58.2 Å². The quantitative estimate of drug-likeness (QED) is 0.493. The average molecular weight is 214 g/mol. The first-order chi connectivity index (χ1) is 4.04. The van der Waals surface area contributed by atoms with Crippen LogP contribution in [0.1, 0.15) is 13.3 Å². The van der Waals surface area contributed by atoms with Crippen LogP contribution in [0.4, 0.5) is 0 Å². The van der Waals surface area contributed by atoms with Crippen molar-refractivity contribution in [2.45, 2.75) is 19.4 Å². The third-order valence-corrected chi connectivity index (χ3v) is 1.25. The normalized spacial score (nSPS) is 12.5. The predicted octanol–water partition coefficient (Wildman–Crippen LogP) is -2.27. The molecule has 0 spiro atoms. The average Bonchev–Trinajstić information content (AvgIpc) is 1.63. The Labute approximate surface area is 112 Å². The number of hydrogen-bond acceptors (Lipinski definition) is 2. The molecule has 0 bridgehead atoms. The van der Waals surface area contributed by atoms with E-state index in [2.05, 4.69) is 6.92 Å². The first-order valence-electron chi connectivity index (χ1n) is 3.03. The molecule has 0 N–H and O–H groups in total. The van der Waals surface area contributed by atoms with Crippen LogP contribution in [-0.4, -0.2) is 30.8 Å². The van der Waals surface area contributed by atoms with E-state index in [0.29, 0.717) is 6.42 Å². The van der Waals surface area contributed by atoms with Crippen LogP contribution >= 0.6 is 0 Å². The molecule has 2 nitrogen and oxygen atoms in total. The van der Waals surface area contributed by atoms with Gasteiger partial charge in [-0.25, -0.2) is 0 Å². The molecule has 0 aliphatic heterocycles. The van der Waals surface area contributed by atoms with Gasteiger partial charge in [0, 0.05) is 0 Å². The van der Waals surface area contributed by atoms with Crippen LogP contribution in [0.15, 0.2) is 0 Å². The van der Waals surface area contributed by atoms with E-state index < -0.39 is 0 Å². The predicted molar refractivity (Wildman–Crippen MR) is 38.1 cm³/mol. The summed E-state index contributed by atoms with van der Waals surface area (Å²) in [6.07, 6.45) is 0.549. The molecule has 0 aromatic rings. The molecule has 10 heavy (non-hydrogen) atoms. The molecule has 0 amide bonds. The number of rotatable bonds is 3. The topological polar surface area (TPSA) is 20.3 Å². The van der Waals surface area contributed by atoms with Crippen molar-refractivity contribution in [3.05, 3.63) is 6.92 Å². The number of carbonyl (C=O) groups excluding carboxylic acids is 1. The van der Waals surface area contributed by atoms with Crippen molar-refractivity contribution in [1.82, 2.24) is 4.90 Å². The Morgan fingerprint density at radius 1 is 1.60 bits per heavy atom. The van der Waals surface area contributed by atoms with Crippen molar-refractivity contribution in [2.75, 3.05) is 14.1 Å². The molecule has 0 rings (SSSR count). The van der Waals surface area contributed by atoms with Gasteiger partial charge in [0.2, 0.25) is 0 Å². The first kappa shape index (κ1) is 14.0. The Kier molecular flexibility index (Phi) is 9.94. The molecule has 0 aliphatic rings. The Balaban J connectivity index is 0. The van der Waals surface area contributed by atoms with Gasteiger partial charge in [-0.1, -0.05) is 0 Å². The summed E-state index contributed by atoms with van der Waals surface area (Å²) in [6.45, 7) is 5.37. The van der Waals surface area contributed by atoms with Crippen LogP contribution in [0.2, 0.25) is 0 Å². The second kappa shape index (κ2) is 7.10. The van der Waals surface area contributed by atoms with E-state index >= 15 is 0 Å². The van der Waals surface area contributed by atoms with Crippen LogP contribution in [0.3, 0.4) is 0 Å². The molecule has 0 aromatic heterocycles. The fourth-order valence-corrected chi connectivity index (χ4v) is 0.514. The van der Waals surface area contributed by atoms with E-state index in [-0.39, 0.29) is 70.0 Å². The van der Waals surface area contributed by atoms with Gasteiger partial charge in [-0.15, -0.1) is 6.04 Å². The number of nitrogens with zero attached hydrogens (tertiary/aromatic N) is 1. The van der Waals surface area contributed by atoms with Crippen molar-refractivity contribution in [2.24, 2.45) is 0 Å². The molecule has 0 fully saturated rings. The Hall–Kier alpha value is 1.44. The number of Topliss-reactive ketones (excluding diaryl/α,β-unsaturated/α-hetero) is 1. The van der Waals surface area contributed by atoms with E-state index in [0.717, 1.165) is 0 Å². The van der Waals surface area contributed by atoms with E-state index in [9.17, 15) is 4.79 Å². The van der Waals surface area contributed by atoms with Gasteiger partial charge in [-0.2, -0.15) is 0 Å². The van der Waals surface area contributed by atoms with Gasteiger partial charge in [0.25, 0.3) is 0 Å². The van der Waals surface area contributed by atoms with Crippen LogP contribution in [0.5, 0.6) is 0 Å². The standard InChI is InChI=1S/C7H14NO.Rb/c1-6(8(3)4)5-7(2)9;/h6H,1,5H2,2-4H3;/q-1;+1. The number of ketones is 1.